The average Bonchev–Trinajstić information content (AvgIpc) is 3.19. The second kappa shape index (κ2) is 8.85. The van der Waals surface area contributed by atoms with E-state index in [0.29, 0.717) is 18.4 Å². The lowest BCUT2D eigenvalue weighted by Gasteiger charge is -2.38. The van der Waals surface area contributed by atoms with Crippen LogP contribution in [-0.4, -0.2) is 56.5 Å². The first-order valence-corrected chi connectivity index (χ1v) is 11.6. The molecule has 2 saturated carbocycles. The summed E-state index contributed by atoms with van der Waals surface area (Å²) in [6.45, 7) is 0. The number of carbonyl (C=O) groups is 1. The number of rotatable bonds is 6. The maximum atomic E-state index is 11.7. The minimum Gasteiger partial charge on any atom is -0.480 e. The third kappa shape index (κ3) is 4.17. The molecule has 5 heteroatoms. The highest BCUT2D eigenvalue weighted by molar-refractivity contribution is 5.73. The number of aliphatic carboxylic acids is 1. The third-order valence-electron chi connectivity index (χ3n) is 8.08. The molecule has 3 N–H and O–H groups in total. The second-order valence-electron chi connectivity index (χ2n) is 9.77. The monoisotopic (exact) mass is 391 g/mol. The normalized spacial score (nSPS) is 40.5. The molecule has 2 saturated heterocycles. The highest BCUT2D eigenvalue weighted by Crippen LogP contribution is 2.49. The Morgan fingerprint density at radius 3 is 2.61 bits per heavy atom. The van der Waals surface area contributed by atoms with Crippen molar-refractivity contribution >= 4 is 5.97 Å². The number of fused-ring (bicyclic) bond motifs is 3. The van der Waals surface area contributed by atoms with Crippen molar-refractivity contribution in [3.05, 3.63) is 12.2 Å². The molecule has 28 heavy (non-hydrogen) atoms. The van der Waals surface area contributed by atoms with E-state index in [1.54, 1.807) is 0 Å². The summed E-state index contributed by atoms with van der Waals surface area (Å²) in [5.74, 6) is 0.435. The van der Waals surface area contributed by atoms with Crippen molar-refractivity contribution < 1.29 is 20.1 Å². The van der Waals surface area contributed by atoms with Crippen molar-refractivity contribution in [3.63, 3.8) is 0 Å². The van der Waals surface area contributed by atoms with Gasteiger partial charge in [-0.25, -0.2) is 0 Å². The van der Waals surface area contributed by atoms with E-state index in [2.05, 4.69) is 11.0 Å². The zero-order valence-electron chi connectivity index (χ0n) is 17.0. The molecule has 0 aromatic rings. The Labute approximate surface area is 168 Å². The molecule has 2 aliphatic carbocycles. The summed E-state index contributed by atoms with van der Waals surface area (Å²) in [4.78, 5) is 13.9. The summed E-state index contributed by atoms with van der Waals surface area (Å²) in [6.07, 6.45) is 16.1. The number of nitrogens with zero attached hydrogens (tertiary/aromatic N) is 1. The number of carboxylic acid groups (broad SMARTS) is 1. The molecule has 0 amide bonds. The molecule has 0 bridgehead atoms. The van der Waals surface area contributed by atoms with Crippen molar-refractivity contribution in [2.24, 2.45) is 17.8 Å². The van der Waals surface area contributed by atoms with Gasteiger partial charge in [0, 0.05) is 18.0 Å². The van der Waals surface area contributed by atoms with E-state index in [4.69, 9.17) is 0 Å². The van der Waals surface area contributed by atoms with Crippen molar-refractivity contribution in [2.45, 2.75) is 107 Å². The first-order valence-electron chi connectivity index (χ1n) is 11.6. The molecule has 4 aliphatic rings. The molecule has 0 aromatic heterocycles. The highest BCUT2D eigenvalue weighted by atomic mass is 16.4. The van der Waals surface area contributed by atoms with Crippen LogP contribution >= 0.6 is 0 Å². The fourth-order valence-electron chi connectivity index (χ4n) is 6.69. The summed E-state index contributed by atoms with van der Waals surface area (Å²) in [5, 5.41) is 30.7. The molecule has 4 rings (SSSR count). The summed E-state index contributed by atoms with van der Waals surface area (Å²) < 4.78 is 0. The molecular formula is C23H37NO4. The zero-order valence-corrected chi connectivity index (χ0v) is 17.0. The quantitative estimate of drug-likeness (QED) is 0.605. The van der Waals surface area contributed by atoms with Crippen LogP contribution in [-0.2, 0) is 4.79 Å². The first-order chi connectivity index (χ1) is 13.5. The number of aliphatic hydroxyl groups excluding tert-OH is 2. The minimum absolute atomic E-state index is 0.0503. The van der Waals surface area contributed by atoms with E-state index in [9.17, 15) is 20.1 Å². The molecule has 4 fully saturated rings. The van der Waals surface area contributed by atoms with Gasteiger partial charge in [0.1, 0.15) is 6.04 Å². The number of carboxylic acids is 1. The van der Waals surface area contributed by atoms with E-state index in [0.717, 1.165) is 44.4 Å². The molecule has 7 atom stereocenters. The Balaban J connectivity index is 1.35. The van der Waals surface area contributed by atoms with E-state index < -0.39 is 18.2 Å². The zero-order chi connectivity index (χ0) is 19.7. The SMILES string of the molecule is O=C(O)C1CCCC2C[C@@H]3[C@@H](C=C[C@H](O)CCC4CCCCC4)[C@H](O)C[C@H]3N21. The van der Waals surface area contributed by atoms with Gasteiger partial charge in [-0.1, -0.05) is 44.3 Å². The Kier molecular flexibility index (Phi) is 6.43. The van der Waals surface area contributed by atoms with E-state index in [1.807, 2.05) is 6.08 Å². The van der Waals surface area contributed by atoms with Gasteiger partial charge in [0.2, 0.25) is 0 Å². The van der Waals surface area contributed by atoms with Gasteiger partial charge in [0.05, 0.1) is 12.2 Å². The molecule has 5 nitrogen and oxygen atoms in total. The van der Waals surface area contributed by atoms with Crippen LogP contribution in [0.15, 0.2) is 12.2 Å². The van der Waals surface area contributed by atoms with E-state index in [1.165, 1.54) is 32.1 Å². The van der Waals surface area contributed by atoms with Gasteiger partial charge < -0.3 is 15.3 Å². The minimum atomic E-state index is -0.711. The van der Waals surface area contributed by atoms with Gasteiger partial charge in [0.25, 0.3) is 0 Å². The summed E-state index contributed by atoms with van der Waals surface area (Å²) >= 11 is 0. The molecule has 2 unspecified atom stereocenters. The molecule has 158 valence electrons. The van der Waals surface area contributed by atoms with Gasteiger partial charge in [0.15, 0.2) is 0 Å². The number of aliphatic hydroxyl groups is 2. The fourth-order valence-corrected chi connectivity index (χ4v) is 6.69. The molecule has 2 aliphatic heterocycles. The van der Waals surface area contributed by atoms with Crippen LogP contribution in [0.5, 0.6) is 0 Å². The first kappa shape index (κ1) is 20.4. The molecule has 2 heterocycles. The smallest absolute Gasteiger partial charge is 0.320 e. The molecule has 0 radical (unpaired) electrons. The van der Waals surface area contributed by atoms with Crippen LogP contribution in [0.25, 0.3) is 0 Å². The summed E-state index contributed by atoms with van der Waals surface area (Å²) in [5.41, 5.74) is 0. The lowest BCUT2D eigenvalue weighted by Crippen LogP contribution is -2.51. The number of piperidine rings is 1. The number of hydrogen-bond acceptors (Lipinski definition) is 4. The molecule has 0 aromatic carbocycles. The van der Waals surface area contributed by atoms with Gasteiger partial charge in [-0.2, -0.15) is 0 Å². The number of hydrogen-bond donors (Lipinski definition) is 3. The second-order valence-corrected chi connectivity index (χ2v) is 9.77. The summed E-state index contributed by atoms with van der Waals surface area (Å²) in [7, 11) is 0. The predicted molar refractivity (Wildman–Crippen MR) is 108 cm³/mol. The van der Waals surface area contributed by atoms with Gasteiger partial charge >= 0.3 is 5.97 Å². The maximum Gasteiger partial charge on any atom is 0.320 e. The summed E-state index contributed by atoms with van der Waals surface area (Å²) in [6, 6.07) is 0.143. The van der Waals surface area contributed by atoms with Crippen molar-refractivity contribution in [2.75, 3.05) is 0 Å². The van der Waals surface area contributed by atoms with Gasteiger partial charge in [-0.15, -0.1) is 0 Å². The van der Waals surface area contributed by atoms with Crippen LogP contribution in [0.3, 0.4) is 0 Å². The highest BCUT2D eigenvalue weighted by Gasteiger charge is 2.54. The Hall–Kier alpha value is -0.910. The van der Waals surface area contributed by atoms with Crippen molar-refractivity contribution in [3.8, 4) is 0 Å². The Morgan fingerprint density at radius 2 is 1.86 bits per heavy atom. The van der Waals surface area contributed by atoms with Gasteiger partial charge in [-0.05, 0) is 56.8 Å². The van der Waals surface area contributed by atoms with Crippen LogP contribution in [0.4, 0.5) is 0 Å². The van der Waals surface area contributed by atoms with Crippen LogP contribution in [0.1, 0.15) is 77.0 Å². The van der Waals surface area contributed by atoms with Gasteiger partial charge in [-0.3, -0.25) is 9.69 Å². The lowest BCUT2D eigenvalue weighted by molar-refractivity contribution is -0.146. The average molecular weight is 392 g/mol. The molecule has 0 spiro atoms. The standard InChI is InChI=1S/C23H37NO4/c25-17(10-9-15-5-2-1-3-6-15)11-12-18-19-13-16-7-4-8-20(23(27)28)24(16)21(19)14-22(18)26/h11-12,15-22,25-26H,1-10,13-14H2,(H,27,28)/t16?,17-,18-,19-,20?,21-,22-/m1/s1. The van der Waals surface area contributed by atoms with Crippen molar-refractivity contribution in [1.29, 1.82) is 0 Å². The van der Waals surface area contributed by atoms with Crippen LogP contribution in [0, 0.1) is 17.8 Å². The van der Waals surface area contributed by atoms with Crippen LogP contribution < -0.4 is 0 Å². The largest absolute Gasteiger partial charge is 0.480 e. The Bertz CT molecular complexity index is 573. The van der Waals surface area contributed by atoms with E-state index >= 15 is 0 Å². The fraction of sp³-hybridized carbons (Fsp3) is 0.870. The lowest BCUT2D eigenvalue weighted by atomic mass is 9.85. The Morgan fingerprint density at radius 1 is 1.07 bits per heavy atom. The maximum absolute atomic E-state index is 11.7. The molecular weight excluding hydrogens is 354 g/mol. The predicted octanol–water partition coefficient (Wildman–Crippen LogP) is 3.34. The third-order valence-corrected chi connectivity index (χ3v) is 8.08. The topological polar surface area (TPSA) is 81.0 Å². The van der Waals surface area contributed by atoms with E-state index in [-0.39, 0.29) is 18.0 Å². The van der Waals surface area contributed by atoms with Crippen LogP contribution in [0.2, 0.25) is 0 Å². The van der Waals surface area contributed by atoms with Crippen molar-refractivity contribution in [1.82, 2.24) is 4.90 Å².